The number of nitro groups is 1. The molecule has 2 aromatic carbocycles. The maximum absolute atomic E-state index is 13.3. The largest absolute Gasteiger partial charge is 0.467 e. The zero-order valence-electron chi connectivity index (χ0n) is 19.1. The first-order chi connectivity index (χ1) is 17.5. The average molecular weight is 489 g/mol. The average Bonchev–Trinajstić information content (AvgIpc) is 3.64. The molecular formula is C25H23N5O6. The van der Waals surface area contributed by atoms with Crippen molar-refractivity contribution in [2.75, 3.05) is 30.3 Å². The van der Waals surface area contributed by atoms with Crippen molar-refractivity contribution in [3.05, 3.63) is 88.6 Å². The fraction of sp³-hybridized carbons (Fsp3) is 0.200. The molecule has 184 valence electrons. The first kappa shape index (κ1) is 23.1. The van der Waals surface area contributed by atoms with Gasteiger partial charge in [-0.15, -0.1) is 0 Å². The maximum atomic E-state index is 13.3. The van der Waals surface area contributed by atoms with Gasteiger partial charge in [0.25, 0.3) is 11.6 Å². The first-order valence-electron chi connectivity index (χ1n) is 11.3. The van der Waals surface area contributed by atoms with Crippen LogP contribution in [0.1, 0.15) is 24.0 Å². The molecule has 0 saturated heterocycles. The van der Waals surface area contributed by atoms with Crippen LogP contribution < -0.4 is 10.6 Å². The Morgan fingerprint density at radius 2 is 2.00 bits per heavy atom. The lowest BCUT2D eigenvalue weighted by atomic mass is 10.1. The number of non-ortho nitro benzene ring substituents is 1. The lowest BCUT2D eigenvalue weighted by Crippen LogP contribution is -2.32. The second-order valence-corrected chi connectivity index (χ2v) is 8.16. The molecule has 11 heteroatoms. The van der Waals surface area contributed by atoms with Gasteiger partial charge < -0.3 is 24.6 Å². The first-order valence-corrected chi connectivity index (χ1v) is 11.3. The lowest BCUT2D eigenvalue weighted by Gasteiger charge is -2.21. The van der Waals surface area contributed by atoms with Gasteiger partial charge in [-0.2, -0.15) is 5.10 Å². The molecule has 3 heterocycles. The number of furan rings is 2. The molecule has 1 amide bonds. The van der Waals surface area contributed by atoms with Gasteiger partial charge in [-0.25, -0.2) is 5.01 Å². The Hall–Kier alpha value is -4.64. The Morgan fingerprint density at radius 1 is 1.14 bits per heavy atom. The summed E-state index contributed by atoms with van der Waals surface area (Å²) in [6, 6.07) is 16.8. The van der Waals surface area contributed by atoms with E-state index in [9.17, 15) is 14.9 Å². The molecule has 3 N–H and O–H groups in total. The number of nitrogens with zero attached hydrogens (tertiary/aromatic N) is 3. The molecule has 5 rings (SSSR count). The van der Waals surface area contributed by atoms with Crippen molar-refractivity contribution in [3.63, 3.8) is 0 Å². The van der Waals surface area contributed by atoms with Gasteiger partial charge in [0.05, 0.1) is 35.7 Å². The molecule has 0 saturated carbocycles. The zero-order valence-corrected chi connectivity index (χ0v) is 19.1. The minimum absolute atomic E-state index is 0.118. The third kappa shape index (κ3) is 4.64. The van der Waals surface area contributed by atoms with Crippen LogP contribution in [-0.2, 0) is 4.79 Å². The minimum atomic E-state index is -0.514. The number of anilines is 2. The van der Waals surface area contributed by atoms with Crippen LogP contribution in [-0.4, -0.2) is 46.4 Å². The summed E-state index contributed by atoms with van der Waals surface area (Å²) < 4.78 is 11.5. The van der Waals surface area contributed by atoms with Crippen LogP contribution >= 0.6 is 0 Å². The van der Waals surface area contributed by atoms with Crippen molar-refractivity contribution < 1.29 is 23.7 Å². The number of para-hydroxylation sites is 1. The van der Waals surface area contributed by atoms with Gasteiger partial charge in [0.1, 0.15) is 23.1 Å². The van der Waals surface area contributed by atoms with Crippen LogP contribution in [0.3, 0.4) is 0 Å². The van der Waals surface area contributed by atoms with Crippen molar-refractivity contribution in [2.45, 2.75) is 12.5 Å². The standard InChI is InChI=1S/C25H23N5O6/c31-10-9-26-18-8-7-17(30(33)34)13-19(18)27-15-25(32)29-21(23-6-3-11-35-23)14-20(28-29)24-12-16-4-1-2-5-22(16)36-24/h1-8,11-13,21,26-27,31H,9-10,14-15H2. The number of aliphatic hydroxyl groups is 1. The maximum Gasteiger partial charge on any atom is 0.271 e. The van der Waals surface area contributed by atoms with Crippen LogP contribution in [0.2, 0.25) is 0 Å². The topological polar surface area (TPSA) is 146 Å². The van der Waals surface area contributed by atoms with Gasteiger partial charge in [-0.05, 0) is 30.3 Å². The van der Waals surface area contributed by atoms with Crippen molar-refractivity contribution in [2.24, 2.45) is 5.10 Å². The summed E-state index contributed by atoms with van der Waals surface area (Å²) >= 11 is 0. The number of aliphatic hydroxyl groups excluding tert-OH is 1. The van der Waals surface area contributed by atoms with Crippen LogP contribution in [0.15, 0.2) is 80.9 Å². The number of fused-ring (bicyclic) bond motifs is 1. The van der Waals surface area contributed by atoms with E-state index in [1.165, 1.54) is 29.5 Å². The van der Waals surface area contributed by atoms with E-state index in [4.69, 9.17) is 13.9 Å². The summed E-state index contributed by atoms with van der Waals surface area (Å²) in [5, 5.41) is 33.2. The number of carbonyl (C=O) groups excluding carboxylic acids is 1. The molecule has 4 aromatic rings. The van der Waals surface area contributed by atoms with Gasteiger partial charge >= 0.3 is 0 Å². The molecule has 0 spiro atoms. The smallest absolute Gasteiger partial charge is 0.271 e. The summed E-state index contributed by atoms with van der Waals surface area (Å²) in [5.74, 6) is 0.797. The van der Waals surface area contributed by atoms with Crippen molar-refractivity contribution in [3.8, 4) is 0 Å². The SMILES string of the molecule is O=C(CNc1cc([N+](=O)[O-])ccc1NCCO)N1N=C(c2cc3ccccc3o2)CC1c1ccco1. The Labute approximate surface area is 205 Å². The summed E-state index contributed by atoms with van der Waals surface area (Å²) in [7, 11) is 0. The number of nitro benzene ring substituents is 1. The van der Waals surface area contributed by atoms with Gasteiger partial charge in [0, 0.05) is 30.5 Å². The molecule has 0 fully saturated rings. The second kappa shape index (κ2) is 9.92. The molecule has 1 atom stereocenters. The minimum Gasteiger partial charge on any atom is -0.467 e. The number of carbonyl (C=O) groups is 1. The second-order valence-electron chi connectivity index (χ2n) is 8.16. The highest BCUT2D eigenvalue weighted by molar-refractivity contribution is 6.03. The normalized spacial score (nSPS) is 15.2. The number of rotatable bonds is 9. The molecule has 1 unspecified atom stereocenters. The van der Waals surface area contributed by atoms with Gasteiger partial charge in [-0.3, -0.25) is 14.9 Å². The number of hydrazone groups is 1. The molecule has 1 aliphatic heterocycles. The van der Waals surface area contributed by atoms with E-state index in [2.05, 4.69) is 15.7 Å². The van der Waals surface area contributed by atoms with E-state index < -0.39 is 11.0 Å². The van der Waals surface area contributed by atoms with E-state index >= 15 is 0 Å². The van der Waals surface area contributed by atoms with E-state index in [1.54, 1.807) is 12.1 Å². The van der Waals surface area contributed by atoms with Crippen molar-refractivity contribution in [1.29, 1.82) is 0 Å². The molecule has 0 radical (unpaired) electrons. The number of hydrogen-bond donors (Lipinski definition) is 3. The highest BCUT2D eigenvalue weighted by Gasteiger charge is 2.36. The number of hydrogen-bond acceptors (Lipinski definition) is 9. The third-order valence-electron chi connectivity index (χ3n) is 5.82. The van der Waals surface area contributed by atoms with Gasteiger partial charge in [0.2, 0.25) is 0 Å². The van der Waals surface area contributed by atoms with Crippen molar-refractivity contribution in [1.82, 2.24) is 5.01 Å². The summed E-state index contributed by atoms with van der Waals surface area (Å²) in [6.07, 6.45) is 1.94. The lowest BCUT2D eigenvalue weighted by molar-refractivity contribution is -0.384. The van der Waals surface area contributed by atoms with Crippen molar-refractivity contribution >= 4 is 39.7 Å². The highest BCUT2D eigenvalue weighted by Crippen LogP contribution is 2.35. The van der Waals surface area contributed by atoms with Crippen LogP contribution in [0, 0.1) is 10.1 Å². The Morgan fingerprint density at radius 3 is 2.75 bits per heavy atom. The predicted octanol–water partition coefficient (Wildman–Crippen LogP) is 4.13. The van der Waals surface area contributed by atoms with Crippen LogP contribution in [0.25, 0.3) is 11.0 Å². The van der Waals surface area contributed by atoms with E-state index in [1.807, 2.05) is 30.3 Å². The van der Waals surface area contributed by atoms with E-state index in [0.717, 1.165) is 11.0 Å². The summed E-state index contributed by atoms with van der Waals surface area (Å²) in [4.78, 5) is 24.0. The van der Waals surface area contributed by atoms with E-state index in [-0.39, 0.29) is 31.3 Å². The molecular weight excluding hydrogens is 466 g/mol. The van der Waals surface area contributed by atoms with Crippen LogP contribution in [0.4, 0.5) is 17.1 Å². The fourth-order valence-electron chi connectivity index (χ4n) is 4.10. The number of benzene rings is 2. The predicted molar refractivity (Wildman–Crippen MR) is 133 cm³/mol. The quantitative estimate of drug-likeness (QED) is 0.235. The van der Waals surface area contributed by atoms with Gasteiger partial charge in [-0.1, -0.05) is 18.2 Å². The van der Waals surface area contributed by atoms with E-state index in [0.29, 0.717) is 35.0 Å². The molecule has 0 bridgehead atoms. The molecule has 36 heavy (non-hydrogen) atoms. The molecule has 1 aliphatic rings. The summed E-state index contributed by atoms with van der Waals surface area (Å²) in [5.41, 5.74) is 2.10. The third-order valence-corrected chi connectivity index (χ3v) is 5.82. The zero-order chi connectivity index (χ0) is 25.1. The molecule has 2 aromatic heterocycles. The Bertz CT molecular complexity index is 1400. The fourth-order valence-corrected chi connectivity index (χ4v) is 4.10. The molecule has 0 aliphatic carbocycles. The van der Waals surface area contributed by atoms with Crippen LogP contribution in [0.5, 0.6) is 0 Å². The summed E-state index contributed by atoms with van der Waals surface area (Å²) in [6.45, 7) is -0.0470. The Balaban J connectivity index is 1.39. The monoisotopic (exact) mass is 489 g/mol. The molecule has 11 nitrogen and oxygen atoms in total. The Kier molecular flexibility index (Phi) is 6.37. The number of nitrogens with one attached hydrogen (secondary N) is 2. The number of amides is 1. The van der Waals surface area contributed by atoms with Gasteiger partial charge in [0.15, 0.2) is 5.76 Å². The highest BCUT2D eigenvalue weighted by atomic mass is 16.6.